The molecule has 1 aromatic rings. The van der Waals surface area contributed by atoms with Crippen LogP contribution in [-0.4, -0.2) is 23.8 Å². The summed E-state index contributed by atoms with van der Waals surface area (Å²) in [4.78, 5) is 11.8. The zero-order valence-corrected chi connectivity index (χ0v) is 12.5. The number of aliphatic hydroxyl groups is 1. The molecule has 0 unspecified atom stereocenters. The number of carbonyl (C=O) groups excluding carboxylic acids is 1. The van der Waals surface area contributed by atoms with Crippen LogP contribution in [0.4, 0.5) is 14.9 Å². The van der Waals surface area contributed by atoms with Crippen molar-refractivity contribution in [2.75, 3.05) is 11.9 Å². The van der Waals surface area contributed by atoms with E-state index in [-0.39, 0.29) is 30.4 Å². The summed E-state index contributed by atoms with van der Waals surface area (Å²) in [5, 5.41) is 14.4. The Balaban J connectivity index is 2.63. The Hall–Kier alpha value is -1.14. The van der Waals surface area contributed by atoms with Gasteiger partial charge in [0.05, 0.1) is 5.69 Å². The first-order valence-electron chi connectivity index (χ1n) is 6.07. The number of nitrogens with one attached hydrogen (secondary N) is 2. The minimum absolute atomic E-state index is 0.0172. The van der Waals surface area contributed by atoms with Crippen LogP contribution in [0.5, 0.6) is 0 Å². The van der Waals surface area contributed by atoms with E-state index in [0.717, 1.165) is 0 Å². The number of hydrogen-bond donors (Lipinski definition) is 3. The monoisotopic (exact) mass is 332 g/mol. The molecule has 1 aromatic carbocycles. The van der Waals surface area contributed by atoms with E-state index < -0.39 is 0 Å². The van der Waals surface area contributed by atoms with Gasteiger partial charge in [-0.15, -0.1) is 0 Å². The molecule has 0 aliphatic heterocycles. The van der Waals surface area contributed by atoms with E-state index >= 15 is 0 Å². The van der Waals surface area contributed by atoms with E-state index in [0.29, 0.717) is 16.6 Å². The summed E-state index contributed by atoms with van der Waals surface area (Å²) in [5.41, 5.74) is 0.491. The maximum absolute atomic E-state index is 12.9. The van der Waals surface area contributed by atoms with Gasteiger partial charge in [0.2, 0.25) is 0 Å². The molecule has 19 heavy (non-hydrogen) atoms. The third-order valence-electron chi connectivity index (χ3n) is 2.74. The van der Waals surface area contributed by atoms with Gasteiger partial charge in [-0.1, -0.05) is 13.8 Å². The van der Waals surface area contributed by atoms with Crippen LogP contribution >= 0.6 is 15.9 Å². The molecule has 0 bridgehead atoms. The third kappa shape index (κ3) is 5.16. The maximum Gasteiger partial charge on any atom is 0.319 e. The van der Waals surface area contributed by atoms with Crippen LogP contribution in [0.1, 0.15) is 20.3 Å². The summed E-state index contributed by atoms with van der Waals surface area (Å²) >= 11 is 3.18. The second-order valence-electron chi connectivity index (χ2n) is 4.59. The summed E-state index contributed by atoms with van der Waals surface area (Å²) in [6.45, 7) is 3.95. The largest absolute Gasteiger partial charge is 0.396 e. The summed E-state index contributed by atoms with van der Waals surface area (Å²) in [7, 11) is 0. The number of hydrogen-bond acceptors (Lipinski definition) is 2. The molecule has 2 amide bonds. The summed E-state index contributed by atoms with van der Waals surface area (Å²) in [5.74, 6) is -0.160. The van der Waals surface area contributed by atoms with Crippen molar-refractivity contribution in [2.45, 2.75) is 26.3 Å². The van der Waals surface area contributed by atoms with Crippen LogP contribution in [0.15, 0.2) is 22.7 Å². The maximum atomic E-state index is 12.9. The van der Waals surface area contributed by atoms with Gasteiger partial charge in [-0.25, -0.2) is 9.18 Å². The minimum Gasteiger partial charge on any atom is -0.396 e. The Labute approximate surface area is 120 Å². The Morgan fingerprint density at radius 1 is 1.47 bits per heavy atom. The van der Waals surface area contributed by atoms with Gasteiger partial charge in [0.25, 0.3) is 0 Å². The molecule has 0 aliphatic rings. The fourth-order valence-electron chi connectivity index (χ4n) is 1.63. The molecule has 106 valence electrons. The normalized spacial score (nSPS) is 12.3. The van der Waals surface area contributed by atoms with Crippen molar-refractivity contribution in [1.82, 2.24) is 5.32 Å². The fourth-order valence-corrected chi connectivity index (χ4v) is 2.08. The molecular formula is C13H18BrFN2O2. The molecule has 0 aliphatic carbocycles. The molecule has 0 aromatic heterocycles. The highest BCUT2D eigenvalue weighted by atomic mass is 79.9. The van der Waals surface area contributed by atoms with Crippen LogP contribution in [0.2, 0.25) is 0 Å². The molecule has 0 spiro atoms. The van der Waals surface area contributed by atoms with Crippen molar-refractivity contribution >= 4 is 27.6 Å². The highest BCUT2D eigenvalue weighted by molar-refractivity contribution is 9.10. The number of benzene rings is 1. The second-order valence-corrected chi connectivity index (χ2v) is 5.44. The van der Waals surface area contributed by atoms with E-state index in [1.54, 1.807) is 0 Å². The standard InChI is InChI=1S/C13H18BrFN2O2/c1-8(2)11(5-6-18)16-13(19)17-12-4-3-9(15)7-10(12)14/h3-4,7-8,11,18H,5-6H2,1-2H3,(H2,16,17,19)/t11-/m0/s1. The van der Waals surface area contributed by atoms with Crippen LogP contribution < -0.4 is 10.6 Å². The van der Waals surface area contributed by atoms with Crippen molar-refractivity contribution in [1.29, 1.82) is 0 Å². The zero-order chi connectivity index (χ0) is 14.4. The lowest BCUT2D eigenvalue weighted by atomic mass is 10.0. The Morgan fingerprint density at radius 3 is 2.68 bits per heavy atom. The lowest BCUT2D eigenvalue weighted by molar-refractivity contribution is 0.227. The van der Waals surface area contributed by atoms with Gasteiger partial charge in [-0.2, -0.15) is 0 Å². The summed E-state index contributed by atoms with van der Waals surface area (Å²) < 4.78 is 13.4. The number of anilines is 1. The van der Waals surface area contributed by atoms with E-state index in [2.05, 4.69) is 26.6 Å². The van der Waals surface area contributed by atoms with Gasteiger partial charge in [0.15, 0.2) is 0 Å². The molecule has 1 rings (SSSR count). The molecule has 3 N–H and O–H groups in total. The van der Waals surface area contributed by atoms with Gasteiger partial charge in [0.1, 0.15) is 5.82 Å². The van der Waals surface area contributed by atoms with Gasteiger partial charge in [-0.3, -0.25) is 0 Å². The number of amides is 2. The van der Waals surface area contributed by atoms with Crippen molar-refractivity contribution in [3.63, 3.8) is 0 Å². The van der Waals surface area contributed by atoms with Gasteiger partial charge in [-0.05, 0) is 46.5 Å². The first-order chi connectivity index (χ1) is 8.93. The highest BCUT2D eigenvalue weighted by Gasteiger charge is 2.16. The Kier molecular flexibility index (Phi) is 6.24. The smallest absolute Gasteiger partial charge is 0.319 e. The molecule has 1 atom stereocenters. The lowest BCUT2D eigenvalue weighted by Crippen LogP contribution is -2.41. The highest BCUT2D eigenvalue weighted by Crippen LogP contribution is 2.23. The van der Waals surface area contributed by atoms with E-state index in [4.69, 9.17) is 5.11 Å². The average Bonchev–Trinajstić information content (AvgIpc) is 2.32. The summed E-state index contributed by atoms with van der Waals surface area (Å²) in [6, 6.07) is 3.55. The molecule has 4 nitrogen and oxygen atoms in total. The number of carbonyl (C=O) groups is 1. The molecule has 0 saturated carbocycles. The van der Waals surface area contributed by atoms with Crippen molar-refractivity contribution in [2.24, 2.45) is 5.92 Å². The Bertz CT molecular complexity index is 441. The van der Waals surface area contributed by atoms with Crippen molar-refractivity contribution in [3.8, 4) is 0 Å². The van der Waals surface area contributed by atoms with Crippen molar-refractivity contribution < 1.29 is 14.3 Å². The number of halogens is 2. The van der Waals surface area contributed by atoms with Crippen LogP contribution in [0, 0.1) is 11.7 Å². The molecule has 0 heterocycles. The van der Waals surface area contributed by atoms with Gasteiger partial charge in [0, 0.05) is 17.1 Å². The summed E-state index contributed by atoms with van der Waals surface area (Å²) in [6.07, 6.45) is 0.496. The number of aliphatic hydroxyl groups excluding tert-OH is 1. The minimum atomic E-state index is -0.377. The first-order valence-corrected chi connectivity index (χ1v) is 6.86. The molecule has 0 radical (unpaired) electrons. The van der Waals surface area contributed by atoms with Gasteiger partial charge >= 0.3 is 6.03 Å². The van der Waals surface area contributed by atoms with Crippen LogP contribution in [0.25, 0.3) is 0 Å². The Morgan fingerprint density at radius 2 is 2.16 bits per heavy atom. The number of urea groups is 1. The fraction of sp³-hybridized carbons (Fsp3) is 0.462. The quantitative estimate of drug-likeness (QED) is 0.775. The predicted molar refractivity (Wildman–Crippen MR) is 76.6 cm³/mol. The topological polar surface area (TPSA) is 61.4 Å². The molecule has 6 heteroatoms. The van der Waals surface area contributed by atoms with E-state index in [9.17, 15) is 9.18 Å². The molecule has 0 fully saturated rings. The average molecular weight is 333 g/mol. The predicted octanol–water partition coefficient (Wildman–Crippen LogP) is 3.12. The molecular weight excluding hydrogens is 315 g/mol. The van der Waals surface area contributed by atoms with Crippen molar-refractivity contribution in [3.05, 3.63) is 28.5 Å². The van der Waals surface area contributed by atoms with Gasteiger partial charge < -0.3 is 15.7 Å². The zero-order valence-electron chi connectivity index (χ0n) is 10.9. The lowest BCUT2D eigenvalue weighted by Gasteiger charge is -2.21. The second kappa shape index (κ2) is 7.45. The van der Waals surface area contributed by atoms with E-state index in [1.807, 2.05) is 13.8 Å². The SMILES string of the molecule is CC(C)[C@H](CCO)NC(=O)Nc1ccc(F)cc1Br. The third-order valence-corrected chi connectivity index (χ3v) is 3.40. The first kappa shape index (κ1) is 15.9. The van der Waals surface area contributed by atoms with E-state index in [1.165, 1.54) is 18.2 Å². The molecule has 0 saturated heterocycles. The number of rotatable bonds is 5. The van der Waals surface area contributed by atoms with Crippen LogP contribution in [-0.2, 0) is 0 Å². The van der Waals surface area contributed by atoms with Crippen LogP contribution in [0.3, 0.4) is 0 Å².